The Balaban J connectivity index is 1.33. The highest BCUT2D eigenvalue weighted by Crippen LogP contribution is 2.24. The number of hydrogen-bond acceptors (Lipinski definition) is 3. The topological polar surface area (TPSA) is 74.6 Å². The van der Waals surface area contributed by atoms with Gasteiger partial charge in [0.15, 0.2) is 5.76 Å². The van der Waals surface area contributed by atoms with Crippen molar-refractivity contribution in [2.24, 2.45) is 0 Å². The molecule has 3 aromatic rings. The van der Waals surface area contributed by atoms with Gasteiger partial charge >= 0.3 is 6.03 Å². The molecule has 0 saturated heterocycles. The number of hydrogen-bond donors (Lipinski definition) is 2. The van der Waals surface area contributed by atoms with Crippen molar-refractivity contribution < 1.29 is 14.0 Å². The van der Waals surface area contributed by atoms with Crippen molar-refractivity contribution in [3.63, 3.8) is 0 Å². The van der Waals surface area contributed by atoms with Crippen molar-refractivity contribution in [2.45, 2.75) is 19.4 Å². The standard InChI is InChI=1S/C23H23N3O3/c27-22(21-7-4-14-29-21)26-13-11-18-8-9-20(15-19(18)16-26)25-23(28)24-12-10-17-5-2-1-3-6-17/h1-9,14-15H,10-13,16H2,(H2,24,25,28). The monoisotopic (exact) mass is 389 g/mol. The van der Waals surface area contributed by atoms with Crippen LogP contribution in [-0.4, -0.2) is 29.9 Å². The van der Waals surface area contributed by atoms with Crippen molar-refractivity contribution in [1.82, 2.24) is 10.2 Å². The van der Waals surface area contributed by atoms with Crippen molar-refractivity contribution >= 4 is 17.6 Å². The fourth-order valence-electron chi connectivity index (χ4n) is 3.50. The molecule has 4 rings (SSSR count). The Morgan fingerprint density at radius 2 is 1.86 bits per heavy atom. The summed E-state index contributed by atoms with van der Waals surface area (Å²) >= 11 is 0. The van der Waals surface area contributed by atoms with Crippen LogP contribution >= 0.6 is 0 Å². The molecule has 0 radical (unpaired) electrons. The molecule has 0 spiro atoms. The Hall–Kier alpha value is -3.54. The third-order valence-corrected chi connectivity index (χ3v) is 5.04. The minimum Gasteiger partial charge on any atom is -0.459 e. The molecular formula is C23H23N3O3. The van der Waals surface area contributed by atoms with Gasteiger partial charge in [-0.25, -0.2) is 4.79 Å². The fraction of sp³-hybridized carbons (Fsp3) is 0.217. The first kappa shape index (κ1) is 18.8. The summed E-state index contributed by atoms with van der Waals surface area (Å²) in [6.45, 7) is 1.71. The molecule has 148 valence electrons. The van der Waals surface area contributed by atoms with Crippen LogP contribution in [0.5, 0.6) is 0 Å². The molecule has 6 nitrogen and oxygen atoms in total. The van der Waals surface area contributed by atoms with E-state index in [0.717, 1.165) is 18.4 Å². The second-order valence-corrected chi connectivity index (χ2v) is 7.05. The lowest BCUT2D eigenvalue weighted by molar-refractivity contribution is 0.0702. The zero-order chi connectivity index (χ0) is 20.1. The third kappa shape index (κ3) is 4.66. The zero-order valence-electron chi connectivity index (χ0n) is 16.1. The smallest absolute Gasteiger partial charge is 0.319 e. The lowest BCUT2D eigenvalue weighted by atomic mass is 9.99. The van der Waals surface area contributed by atoms with Gasteiger partial charge in [-0.15, -0.1) is 0 Å². The number of anilines is 1. The molecule has 1 aromatic heterocycles. The number of nitrogens with zero attached hydrogens (tertiary/aromatic N) is 1. The van der Waals surface area contributed by atoms with E-state index >= 15 is 0 Å². The molecule has 0 unspecified atom stereocenters. The van der Waals surface area contributed by atoms with E-state index in [-0.39, 0.29) is 11.9 Å². The lowest BCUT2D eigenvalue weighted by Gasteiger charge is -2.28. The molecular weight excluding hydrogens is 366 g/mol. The summed E-state index contributed by atoms with van der Waals surface area (Å²) < 4.78 is 5.23. The molecule has 1 aliphatic rings. The van der Waals surface area contributed by atoms with Crippen LogP contribution in [0.1, 0.15) is 27.2 Å². The number of amides is 3. The van der Waals surface area contributed by atoms with E-state index in [9.17, 15) is 9.59 Å². The third-order valence-electron chi connectivity index (χ3n) is 5.04. The van der Waals surface area contributed by atoms with Gasteiger partial charge in [0.1, 0.15) is 0 Å². The van der Waals surface area contributed by atoms with Crippen LogP contribution in [0.25, 0.3) is 0 Å². The van der Waals surface area contributed by atoms with Gasteiger partial charge in [0, 0.05) is 25.3 Å². The SMILES string of the molecule is O=C(NCCc1ccccc1)Nc1ccc2c(c1)CN(C(=O)c1ccco1)CC2. The molecule has 3 amide bonds. The first-order chi connectivity index (χ1) is 14.2. The van der Waals surface area contributed by atoms with E-state index in [2.05, 4.69) is 10.6 Å². The van der Waals surface area contributed by atoms with E-state index in [4.69, 9.17) is 4.42 Å². The zero-order valence-corrected chi connectivity index (χ0v) is 16.1. The van der Waals surface area contributed by atoms with E-state index in [1.807, 2.05) is 48.5 Å². The van der Waals surface area contributed by atoms with Gasteiger partial charge < -0.3 is 20.0 Å². The number of fused-ring (bicyclic) bond motifs is 1. The molecule has 2 aromatic carbocycles. The van der Waals surface area contributed by atoms with E-state index in [0.29, 0.717) is 31.1 Å². The molecule has 0 aliphatic carbocycles. The number of benzene rings is 2. The van der Waals surface area contributed by atoms with E-state index < -0.39 is 0 Å². The average molecular weight is 389 g/mol. The maximum absolute atomic E-state index is 12.5. The lowest BCUT2D eigenvalue weighted by Crippen LogP contribution is -2.36. The minimum atomic E-state index is -0.236. The summed E-state index contributed by atoms with van der Waals surface area (Å²) in [5.74, 6) is 0.234. The predicted molar refractivity (Wildman–Crippen MR) is 111 cm³/mol. The molecule has 2 N–H and O–H groups in total. The highest BCUT2D eigenvalue weighted by molar-refractivity contribution is 5.92. The molecule has 0 fully saturated rings. The number of rotatable bonds is 5. The van der Waals surface area contributed by atoms with E-state index in [1.165, 1.54) is 17.4 Å². The number of urea groups is 1. The molecule has 6 heteroatoms. The van der Waals surface area contributed by atoms with Gasteiger partial charge in [-0.2, -0.15) is 0 Å². The Morgan fingerprint density at radius 3 is 2.66 bits per heavy atom. The number of furan rings is 1. The van der Waals surface area contributed by atoms with Gasteiger partial charge in [-0.1, -0.05) is 36.4 Å². The predicted octanol–water partition coefficient (Wildman–Crippen LogP) is 3.84. The summed E-state index contributed by atoms with van der Waals surface area (Å²) in [5, 5.41) is 5.76. The first-order valence-electron chi connectivity index (χ1n) is 9.72. The highest BCUT2D eigenvalue weighted by Gasteiger charge is 2.23. The summed E-state index contributed by atoms with van der Waals surface area (Å²) in [6, 6.07) is 19.0. The Kier molecular flexibility index (Phi) is 5.61. The van der Waals surface area contributed by atoms with Gasteiger partial charge in [-0.3, -0.25) is 4.79 Å². The van der Waals surface area contributed by atoms with Crippen molar-refractivity contribution in [3.8, 4) is 0 Å². The van der Waals surface area contributed by atoms with Crippen LogP contribution in [0.3, 0.4) is 0 Å². The van der Waals surface area contributed by atoms with Crippen LogP contribution < -0.4 is 10.6 Å². The summed E-state index contributed by atoms with van der Waals surface area (Å²) in [5.41, 5.74) is 4.14. The quantitative estimate of drug-likeness (QED) is 0.696. The van der Waals surface area contributed by atoms with Gasteiger partial charge in [0.05, 0.1) is 6.26 Å². The summed E-state index contributed by atoms with van der Waals surface area (Å²) in [7, 11) is 0. The molecule has 29 heavy (non-hydrogen) atoms. The van der Waals surface area contributed by atoms with Crippen LogP contribution in [0, 0.1) is 0 Å². The number of carbonyl (C=O) groups is 2. The van der Waals surface area contributed by atoms with Crippen LogP contribution in [0.4, 0.5) is 10.5 Å². The molecule has 0 saturated carbocycles. The average Bonchev–Trinajstić information content (AvgIpc) is 3.28. The Morgan fingerprint density at radius 1 is 1.00 bits per heavy atom. The van der Waals surface area contributed by atoms with Gasteiger partial charge in [-0.05, 0) is 53.8 Å². The van der Waals surface area contributed by atoms with Crippen molar-refractivity contribution in [3.05, 3.63) is 89.4 Å². The molecule has 0 bridgehead atoms. The maximum atomic E-state index is 12.5. The van der Waals surface area contributed by atoms with Crippen molar-refractivity contribution in [2.75, 3.05) is 18.4 Å². The fourth-order valence-corrected chi connectivity index (χ4v) is 3.50. The normalized spacial score (nSPS) is 12.9. The van der Waals surface area contributed by atoms with Crippen LogP contribution in [-0.2, 0) is 19.4 Å². The second-order valence-electron chi connectivity index (χ2n) is 7.05. The molecule has 1 aliphatic heterocycles. The molecule has 0 atom stereocenters. The largest absolute Gasteiger partial charge is 0.459 e. The van der Waals surface area contributed by atoms with Crippen molar-refractivity contribution in [1.29, 1.82) is 0 Å². The Bertz CT molecular complexity index is 984. The summed E-state index contributed by atoms with van der Waals surface area (Å²) in [4.78, 5) is 26.5. The summed E-state index contributed by atoms with van der Waals surface area (Å²) in [6.07, 6.45) is 3.07. The number of carbonyl (C=O) groups excluding carboxylic acids is 2. The van der Waals surface area contributed by atoms with Gasteiger partial charge in [0.25, 0.3) is 5.91 Å². The Labute approximate surface area is 169 Å². The van der Waals surface area contributed by atoms with Crippen LogP contribution in [0.2, 0.25) is 0 Å². The first-order valence-corrected chi connectivity index (χ1v) is 9.72. The van der Waals surface area contributed by atoms with Crippen LogP contribution in [0.15, 0.2) is 71.3 Å². The number of nitrogens with one attached hydrogen (secondary N) is 2. The maximum Gasteiger partial charge on any atom is 0.319 e. The van der Waals surface area contributed by atoms with E-state index in [1.54, 1.807) is 17.0 Å². The second kappa shape index (κ2) is 8.65. The highest BCUT2D eigenvalue weighted by atomic mass is 16.3. The minimum absolute atomic E-state index is 0.113. The van der Waals surface area contributed by atoms with Gasteiger partial charge in [0.2, 0.25) is 0 Å². The molecule has 2 heterocycles.